The Morgan fingerprint density at radius 3 is 2.71 bits per heavy atom. The summed E-state index contributed by atoms with van der Waals surface area (Å²) in [5.74, 6) is 0.817. The molecular formula is C4H3BrOS. The molecule has 0 N–H and O–H groups in total. The minimum Gasteiger partial charge on any atom is -0.294 e. The van der Waals surface area contributed by atoms with Crippen molar-refractivity contribution in [1.29, 1.82) is 0 Å². The molecule has 0 aromatic carbocycles. The van der Waals surface area contributed by atoms with Gasteiger partial charge in [0.25, 0.3) is 0 Å². The molecule has 0 atom stereocenters. The molecule has 1 rings (SSSR count). The van der Waals surface area contributed by atoms with Gasteiger partial charge in [-0.2, -0.15) is 0 Å². The number of hydrogen-bond donors (Lipinski definition) is 0. The van der Waals surface area contributed by atoms with Crippen LogP contribution >= 0.6 is 27.7 Å². The van der Waals surface area contributed by atoms with E-state index in [0.717, 1.165) is 3.81 Å². The second-order valence-corrected chi connectivity index (χ2v) is 3.60. The minimum absolute atomic E-state index is 0.205. The summed E-state index contributed by atoms with van der Waals surface area (Å²) in [6, 6.07) is 0. The van der Waals surface area contributed by atoms with Gasteiger partial charge in [0.2, 0.25) is 0 Å². The van der Waals surface area contributed by atoms with Crippen molar-refractivity contribution in [2.45, 2.75) is 0 Å². The summed E-state index contributed by atoms with van der Waals surface area (Å²) in [6.45, 7) is 0. The van der Waals surface area contributed by atoms with E-state index in [1.165, 1.54) is 11.8 Å². The predicted octanol–water partition coefficient (Wildman–Crippen LogP) is 1.54. The monoisotopic (exact) mass is 178 g/mol. The van der Waals surface area contributed by atoms with Crippen LogP contribution in [0.4, 0.5) is 0 Å². The minimum atomic E-state index is 0.205. The summed E-state index contributed by atoms with van der Waals surface area (Å²) in [7, 11) is 0. The Balaban J connectivity index is 2.67. The van der Waals surface area contributed by atoms with Gasteiger partial charge in [-0.05, 0) is 15.9 Å². The molecule has 0 fully saturated rings. The Morgan fingerprint density at radius 2 is 2.57 bits per heavy atom. The van der Waals surface area contributed by atoms with E-state index in [2.05, 4.69) is 15.9 Å². The van der Waals surface area contributed by atoms with Crippen molar-refractivity contribution < 1.29 is 4.79 Å². The molecule has 1 aliphatic rings. The van der Waals surface area contributed by atoms with Crippen LogP contribution in [-0.2, 0) is 4.79 Å². The van der Waals surface area contributed by atoms with Gasteiger partial charge in [0.15, 0.2) is 5.78 Å². The van der Waals surface area contributed by atoms with E-state index in [0.29, 0.717) is 5.75 Å². The fourth-order valence-corrected chi connectivity index (χ4v) is 1.53. The number of ketones is 1. The highest BCUT2D eigenvalue weighted by Gasteiger charge is 2.08. The second-order valence-electron chi connectivity index (χ2n) is 1.20. The predicted molar refractivity (Wildman–Crippen MR) is 34.5 cm³/mol. The van der Waals surface area contributed by atoms with E-state index in [1.807, 2.05) is 0 Å². The second kappa shape index (κ2) is 2.01. The molecule has 0 radical (unpaired) electrons. The lowest BCUT2D eigenvalue weighted by atomic mass is 10.5. The van der Waals surface area contributed by atoms with E-state index >= 15 is 0 Å². The lowest BCUT2D eigenvalue weighted by Gasteiger charge is -1.76. The number of halogens is 1. The van der Waals surface area contributed by atoms with E-state index < -0.39 is 0 Å². The average molecular weight is 179 g/mol. The van der Waals surface area contributed by atoms with Crippen LogP contribution in [-0.4, -0.2) is 11.5 Å². The largest absolute Gasteiger partial charge is 0.294 e. The molecule has 1 nitrogen and oxygen atoms in total. The van der Waals surface area contributed by atoms with Crippen LogP contribution in [0.15, 0.2) is 9.89 Å². The summed E-state index contributed by atoms with van der Waals surface area (Å²) < 4.78 is 0.956. The lowest BCUT2D eigenvalue weighted by molar-refractivity contribution is -0.112. The van der Waals surface area contributed by atoms with Gasteiger partial charge in [0.1, 0.15) is 0 Å². The van der Waals surface area contributed by atoms with Crippen molar-refractivity contribution in [3.05, 3.63) is 9.89 Å². The quantitative estimate of drug-likeness (QED) is 0.561. The zero-order valence-corrected chi connectivity index (χ0v) is 5.88. The molecule has 0 amide bonds. The van der Waals surface area contributed by atoms with Crippen LogP contribution in [0.2, 0.25) is 0 Å². The third kappa shape index (κ3) is 1.31. The zero-order chi connectivity index (χ0) is 5.28. The van der Waals surface area contributed by atoms with Gasteiger partial charge in [0.05, 0.1) is 9.57 Å². The zero-order valence-electron chi connectivity index (χ0n) is 3.48. The molecule has 0 aliphatic carbocycles. The van der Waals surface area contributed by atoms with Crippen LogP contribution in [0.5, 0.6) is 0 Å². The molecular weight excluding hydrogens is 176 g/mol. The average Bonchev–Trinajstić information content (AvgIpc) is 1.87. The molecule has 0 saturated heterocycles. The lowest BCUT2D eigenvalue weighted by Crippen LogP contribution is -1.86. The van der Waals surface area contributed by atoms with E-state index in [1.54, 1.807) is 6.08 Å². The van der Waals surface area contributed by atoms with E-state index in [9.17, 15) is 4.79 Å². The Morgan fingerprint density at radius 1 is 1.86 bits per heavy atom. The highest BCUT2D eigenvalue weighted by molar-refractivity contribution is 9.14. The summed E-state index contributed by atoms with van der Waals surface area (Å²) >= 11 is 4.72. The molecule has 38 valence electrons. The maximum Gasteiger partial charge on any atom is 0.167 e. The van der Waals surface area contributed by atoms with E-state index in [4.69, 9.17) is 0 Å². The first-order valence-corrected chi connectivity index (χ1v) is 3.60. The van der Waals surface area contributed by atoms with Gasteiger partial charge in [-0.15, -0.1) is 11.8 Å². The molecule has 0 aromatic rings. The number of carbonyl (C=O) groups is 1. The Bertz CT molecular complexity index is 130. The third-order valence-electron chi connectivity index (χ3n) is 0.627. The first-order valence-electron chi connectivity index (χ1n) is 1.82. The smallest absolute Gasteiger partial charge is 0.167 e. The number of thioether (sulfide) groups is 1. The molecule has 1 aliphatic heterocycles. The summed E-state index contributed by atoms with van der Waals surface area (Å²) in [5.41, 5.74) is 0. The molecule has 0 saturated carbocycles. The van der Waals surface area contributed by atoms with E-state index in [-0.39, 0.29) is 5.78 Å². The molecule has 7 heavy (non-hydrogen) atoms. The van der Waals surface area contributed by atoms with Crippen LogP contribution in [0, 0.1) is 0 Å². The van der Waals surface area contributed by atoms with Gasteiger partial charge < -0.3 is 0 Å². The van der Waals surface area contributed by atoms with Crippen LogP contribution in [0.25, 0.3) is 0 Å². The number of allylic oxidation sites excluding steroid dienone is 1. The maximum absolute atomic E-state index is 10.3. The number of hydrogen-bond acceptors (Lipinski definition) is 2. The SMILES string of the molecule is O=C1C=C(Br)SC1. The van der Waals surface area contributed by atoms with Crippen molar-refractivity contribution in [3.8, 4) is 0 Å². The Labute approximate surface area is 54.3 Å². The molecule has 3 heteroatoms. The van der Waals surface area contributed by atoms with Crippen molar-refractivity contribution >= 4 is 33.5 Å². The molecule has 0 aromatic heterocycles. The number of rotatable bonds is 0. The fourth-order valence-electron chi connectivity index (χ4n) is 0.350. The molecule has 1 heterocycles. The van der Waals surface area contributed by atoms with Crippen molar-refractivity contribution in [3.63, 3.8) is 0 Å². The van der Waals surface area contributed by atoms with Gasteiger partial charge in [0, 0.05) is 6.08 Å². The normalized spacial score (nSPS) is 20.1. The van der Waals surface area contributed by atoms with Crippen molar-refractivity contribution in [2.24, 2.45) is 0 Å². The highest BCUT2D eigenvalue weighted by atomic mass is 79.9. The van der Waals surface area contributed by atoms with Gasteiger partial charge >= 0.3 is 0 Å². The Hall–Kier alpha value is 0.240. The fraction of sp³-hybridized carbons (Fsp3) is 0.250. The first kappa shape index (κ1) is 5.38. The van der Waals surface area contributed by atoms with Crippen LogP contribution < -0.4 is 0 Å². The van der Waals surface area contributed by atoms with Gasteiger partial charge in [-0.1, -0.05) is 0 Å². The molecule has 0 unspecified atom stereocenters. The van der Waals surface area contributed by atoms with Crippen LogP contribution in [0.3, 0.4) is 0 Å². The summed E-state index contributed by atoms with van der Waals surface area (Å²) in [6.07, 6.45) is 1.60. The van der Waals surface area contributed by atoms with Crippen molar-refractivity contribution in [2.75, 3.05) is 5.75 Å². The van der Waals surface area contributed by atoms with Crippen LogP contribution in [0.1, 0.15) is 0 Å². The molecule has 0 bridgehead atoms. The molecule has 0 spiro atoms. The van der Waals surface area contributed by atoms with Gasteiger partial charge in [-0.3, -0.25) is 4.79 Å². The Kier molecular flexibility index (Phi) is 1.54. The topological polar surface area (TPSA) is 17.1 Å². The third-order valence-corrected chi connectivity index (χ3v) is 2.36. The maximum atomic E-state index is 10.3. The standard InChI is InChI=1S/C4H3BrOS/c5-4-1-3(6)2-7-4/h1H,2H2. The highest BCUT2D eigenvalue weighted by Crippen LogP contribution is 2.27. The summed E-state index contributed by atoms with van der Waals surface area (Å²) in [5, 5.41) is 0. The number of carbonyl (C=O) groups excluding carboxylic acids is 1. The summed E-state index contributed by atoms with van der Waals surface area (Å²) in [4.78, 5) is 10.3. The van der Waals surface area contributed by atoms with Crippen molar-refractivity contribution in [1.82, 2.24) is 0 Å². The first-order chi connectivity index (χ1) is 3.29. The van der Waals surface area contributed by atoms with Gasteiger partial charge in [-0.25, -0.2) is 0 Å².